The molecule has 26 heavy (non-hydrogen) atoms. The molecule has 0 bridgehead atoms. The first kappa shape index (κ1) is 17.3. The second-order valence-electron chi connectivity index (χ2n) is 6.75. The Morgan fingerprint density at radius 3 is 2.27 bits per heavy atom. The second-order valence-corrected chi connectivity index (χ2v) is 7.19. The minimum Gasteiger partial charge on any atom is -0.347 e. The highest BCUT2D eigenvalue weighted by Gasteiger charge is 2.26. The molecule has 1 atom stereocenters. The van der Waals surface area contributed by atoms with Crippen molar-refractivity contribution < 1.29 is 0 Å². The van der Waals surface area contributed by atoms with Crippen LogP contribution in [0.5, 0.6) is 0 Å². The molecule has 2 heterocycles. The number of nitrogens with one attached hydrogen (secondary N) is 1. The largest absolute Gasteiger partial charge is 0.347 e. The molecule has 2 aromatic carbocycles. The van der Waals surface area contributed by atoms with E-state index >= 15 is 0 Å². The molecule has 1 fully saturated rings. The number of halogens is 1. The summed E-state index contributed by atoms with van der Waals surface area (Å²) in [6.45, 7) is 5.11. The van der Waals surface area contributed by atoms with Gasteiger partial charge in [0.05, 0.1) is 12.4 Å². The van der Waals surface area contributed by atoms with E-state index in [2.05, 4.69) is 62.2 Å². The first-order chi connectivity index (χ1) is 12.8. The number of rotatable bonds is 5. The lowest BCUT2D eigenvalue weighted by Crippen LogP contribution is -2.47. The lowest BCUT2D eigenvalue weighted by atomic mass is 9.96. The van der Waals surface area contributed by atoms with Gasteiger partial charge in [-0.15, -0.1) is 0 Å². The number of aromatic amines is 1. The molecule has 0 spiro atoms. The zero-order valence-corrected chi connectivity index (χ0v) is 15.4. The number of H-pyrrole nitrogens is 1. The van der Waals surface area contributed by atoms with Crippen molar-refractivity contribution in [2.45, 2.75) is 12.6 Å². The summed E-state index contributed by atoms with van der Waals surface area (Å²) >= 11 is 6.11. The minimum absolute atomic E-state index is 0.266. The lowest BCUT2D eigenvalue weighted by Gasteiger charge is -2.39. The third-order valence-corrected chi connectivity index (χ3v) is 5.27. The second kappa shape index (κ2) is 8.04. The predicted molar refractivity (Wildman–Crippen MR) is 105 cm³/mol. The Labute approximate surface area is 159 Å². The van der Waals surface area contributed by atoms with E-state index in [9.17, 15) is 0 Å². The van der Waals surface area contributed by atoms with E-state index in [0.29, 0.717) is 0 Å². The van der Waals surface area contributed by atoms with Crippen molar-refractivity contribution in [1.29, 1.82) is 0 Å². The average molecular weight is 367 g/mol. The average Bonchev–Trinajstić information content (AvgIpc) is 3.19. The van der Waals surface area contributed by atoms with Gasteiger partial charge >= 0.3 is 0 Å². The molecular formula is C21H23ClN4. The Bertz CT molecular complexity index is 794. The van der Waals surface area contributed by atoms with Gasteiger partial charge in [-0.3, -0.25) is 9.80 Å². The number of nitrogens with zero attached hydrogens (tertiary/aromatic N) is 3. The van der Waals surface area contributed by atoms with Crippen LogP contribution in [0.15, 0.2) is 67.1 Å². The van der Waals surface area contributed by atoms with Crippen LogP contribution in [-0.2, 0) is 6.54 Å². The fourth-order valence-electron chi connectivity index (χ4n) is 3.69. The highest BCUT2D eigenvalue weighted by molar-refractivity contribution is 6.30. The van der Waals surface area contributed by atoms with Crippen LogP contribution in [-0.4, -0.2) is 45.9 Å². The summed E-state index contributed by atoms with van der Waals surface area (Å²) in [5, 5.41) is 0.782. The maximum absolute atomic E-state index is 6.11. The monoisotopic (exact) mass is 366 g/mol. The maximum Gasteiger partial charge on any atom is 0.0922 e. The molecular weight excluding hydrogens is 344 g/mol. The third-order valence-electron chi connectivity index (χ3n) is 5.02. The summed E-state index contributed by atoms with van der Waals surface area (Å²) in [5.74, 6) is 0. The van der Waals surface area contributed by atoms with Crippen molar-refractivity contribution in [3.63, 3.8) is 0 Å². The Morgan fingerprint density at radius 1 is 0.923 bits per heavy atom. The fourth-order valence-corrected chi connectivity index (χ4v) is 3.81. The standard InChI is InChI=1S/C21H23ClN4/c22-19-8-6-18(7-9-19)21(17-4-2-1-3-5-17)26-12-10-25(11-13-26)15-20-14-23-16-24-20/h1-9,14,16,21H,10-13,15H2,(H,23,24). The van der Waals surface area contributed by atoms with Gasteiger partial charge in [0, 0.05) is 49.6 Å². The maximum atomic E-state index is 6.11. The predicted octanol–water partition coefficient (Wildman–Crippen LogP) is 3.97. The highest BCUT2D eigenvalue weighted by Crippen LogP contribution is 2.30. The molecule has 0 amide bonds. The van der Waals surface area contributed by atoms with Gasteiger partial charge < -0.3 is 4.98 Å². The number of piperazine rings is 1. The van der Waals surface area contributed by atoms with Crippen molar-refractivity contribution in [2.75, 3.05) is 26.2 Å². The number of hydrogen-bond acceptors (Lipinski definition) is 3. The van der Waals surface area contributed by atoms with Crippen LogP contribution >= 0.6 is 11.6 Å². The Morgan fingerprint density at radius 2 is 1.62 bits per heavy atom. The van der Waals surface area contributed by atoms with E-state index in [1.54, 1.807) is 6.33 Å². The van der Waals surface area contributed by atoms with Gasteiger partial charge in [-0.05, 0) is 23.3 Å². The molecule has 1 N–H and O–H groups in total. The fraction of sp³-hybridized carbons (Fsp3) is 0.286. The van der Waals surface area contributed by atoms with Crippen molar-refractivity contribution in [3.05, 3.63) is 89.0 Å². The van der Waals surface area contributed by atoms with Crippen LogP contribution in [0.1, 0.15) is 22.9 Å². The molecule has 4 nitrogen and oxygen atoms in total. The zero-order valence-electron chi connectivity index (χ0n) is 14.7. The van der Waals surface area contributed by atoms with Crippen molar-refractivity contribution in [2.24, 2.45) is 0 Å². The van der Waals surface area contributed by atoms with Crippen LogP contribution in [0.3, 0.4) is 0 Å². The van der Waals surface area contributed by atoms with Gasteiger partial charge in [0.15, 0.2) is 0 Å². The summed E-state index contributed by atoms with van der Waals surface area (Å²) < 4.78 is 0. The Balaban J connectivity index is 1.51. The first-order valence-electron chi connectivity index (χ1n) is 9.04. The van der Waals surface area contributed by atoms with Gasteiger partial charge in [-0.25, -0.2) is 4.98 Å². The number of benzene rings is 2. The van der Waals surface area contributed by atoms with Gasteiger partial charge in [0.2, 0.25) is 0 Å². The van der Waals surface area contributed by atoms with E-state index in [1.165, 1.54) is 16.8 Å². The van der Waals surface area contributed by atoms with Gasteiger partial charge in [-0.1, -0.05) is 54.1 Å². The lowest BCUT2D eigenvalue weighted by molar-refractivity contribution is 0.104. The van der Waals surface area contributed by atoms with Crippen LogP contribution in [0.25, 0.3) is 0 Å². The van der Waals surface area contributed by atoms with E-state index < -0.39 is 0 Å². The molecule has 134 valence electrons. The van der Waals surface area contributed by atoms with E-state index in [4.69, 9.17) is 11.6 Å². The molecule has 0 saturated carbocycles. The molecule has 3 aromatic rings. The van der Waals surface area contributed by atoms with Crippen molar-refractivity contribution >= 4 is 11.6 Å². The van der Waals surface area contributed by atoms with Crippen molar-refractivity contribution in [1.82, 2.24) is 19.8 Å². The summed E-state index contributed by atoms with van der Waals surface area (Å²) in [6, 6.07) is 19.3. The topological polar surface area (TPSA) is 35.2 Å². The first-order valence-corrected chi connectivity index (χ1v) is 9.41. The summed E-state index contributed by atoms with van der Waals surface area (Å²) in [4.78, 5) is 12.4. The van der Waals surface area contributed by atoms with E-state index in [1.807, 2.05) is 18.3 Å². The molecule has 4 rings (SSSR count). The normalized spacial score (nSPS) is 17.3. The smallest absolute Gasteiger partial charge is 0.0922 e. The molecule has 1 saturated heterocycles. The highest BCUT2D eigenvalue weighted by atomic mass is 35.5. The summed E-state index contributed by atoms with van der Waals surface area (Å²) in [5.41, 5.74) is 3.80. The zero-order chi connectivity index (χ0) is 17.8. The Hall–Kier alpha value is -2.14. The summed E-state index contributed by atoms with van der Waals surface area (Å²) in [7, 11) is 0. The molecule has 1 unspecified atom stereocenters. The molecule has 1 aromatic heterocycles. The van der Waals surface area contributed by atoms with Crippen LogP contribution < -0.4 is 0 Å². The number of hydrogen-bond donors (Lipinski definition) is 1. The quantitative estimate of drug-likeness (QED) is 0.742. The Kier molecular flexibility index (Phi) is 5.34. The van der Waals surface area contributed by atoms with Gasteiger partial charge in [0.25, 0.3) is 0 Å². The van der Waals surface area contributed by atoms with Crippen LogP contribution in [0.2, 0.25) is 5.02 Å². The molecule has 5 heteroatoms. The summed E-state index contributed by atoms with van der Waals surface area (Å²) in [6.07, 6.45) is 3.66. The minimum atomic E-state index is 0.266. The molecule has 1 aliphatic rings. The van der Waals surface area contributed by atoms with Gasteiger partial charge in [-0.2, -0.15) is 0 Å². The van der Waals surface area contributed by atoms with E-state index in [0.717, 1.165) is 37.7 Å². The van der Waals surface area contributed by atoms with Crippen molar-refractivity contribution in [3.8, 4) is 0 Å². The van der Waals surface area contributed by atoms with Crippen LogP contribution in [0.4, 0.5) is 0 Å². The number of imidazole rings is 1. The molecule has 0 aliphatic carbocycles. The molecule has 0 radical (unpaired) electrons. The number of aromatic nitrogens is 2. The third kappa shape index (κ3) is 3.98. The van der Waals surface area contributed by atoms with Gasteiger partial charge in [0.1, 0.15) is 0 Å². The molecule has 1 aliphatic heterocycles. The van der Waals surface area contributed by atoms with E-state index in [-0.39, 0.29) is 6.04 Å². The van der Waals surface area contributed by atoms with Crippen LogP contribution in [0, 0.1) is 0 Å². The SMILES string of the molecule is Clc1ccc(C(c2ccccc2)N2CCN(Cc3cnc[nH]3)CC2)cc1.